The molecular formula is C21H21N5OS. The average Bonchev–Trinajstić information content (AvgIpc) is 3.39. The van der Waals surface area contributed by atoms with Crippen LogP contribution in [0, 0.1) is 6.92 Å². The van der Waals surface area contributed by atoms with Crippen LogP contribution in [-0.2, 0) is 6.42 Å². The SMILES string of the molecule is CCc1cc(-c2cccs2)nc(Nc2ccc(-n3cnc(C)c3)c(OC)c2)n1. The number of aryl methyl sites for hydroxylation is 2. The van der Waals surface area contributed by atoms with Crippen LogP contribution in [0.4, 0.5) is 11.6 Å². The van der Waals surface area contributed by atoms with Gasteiger partial charge in [-0.3, -0.25) is 0 Å². The van der Waals surface area contributed by atoms with Gasteiger partial charge in [0.2, 0.25) is 5.95 Å². The molecular weight excluding hydrogens is 370 g/mol. The third-order valence-corrected chi connectivity index (χ3v) is 5.23. The molecule has 0 fully saturated rings. The molecule has 0 aliphatic heterocycles. The zero-order valence-electron chi connectivity index (χ0n) is 16.0. The van der Waals surface area contributed by atoms with Gasteiger partial charge < -0.3 is 14.6 Å². The predicted octanol–water partition coefficient (Wildman–Crippen LogP) is 5.01. The lowest BCUT2D eigenvalue weighted by Gasteiger charge is -2.13. The highest BCUT2D eigenvalue weighted by atomic mass is 32.1. The molecule has 0 aliphatic carbocycles. The third kappa shape index (κ3) is 3.75. The minimum absolute atomic E-state index is 0.580. The van der Waals surface area contributed by atoms with E-state index in [0.29, 0.717) is 5.95 Å². The largest absolute Gasteiger partial charge is 0.494 e. The number of benzene rings is 1. The summed E-state index contributed by atoms with van der Waals surface area (Å²) in [6, 6.07) is 12.1. The lowest BCUT2D eigenvalue weighted by molar-refractivity contribution is 0.413. The Labute approximate surface area is 167 Å². The quantitative estimate of drug-likeness (QED) is 0.500. The summed E-state index contributed by atoms with van der Waals surface area (Å²) in [5.74, 6) is 1.32. The number of hydrogen-bond acceptors (Lipinski definition) is 6. The molecule has 0 saturated carbocycles. The molecule has 0 radical (unpaired) electrons. The van der Waals surface area contributed by atoms with Gasteiger partial charge in [0, 0.05) is 23.6 Å². The summed E-state index contributed by atoms with van der Waals surface area (Å²) in [4.78, 5) is 14.7. The van der Waals surface area contributed by atoms with Crippen LogP contribution < -0.4 is 10.1 Å². The Morgan fingerprint density at radius 3 is 2.75 bits per heavy atom. The first-order chi connectivity index (χ1) is 13.7. The normalized spacial score (nSPS) is 10.8. The fourth-order valence-corrected chi connectivity index (χ4v) is 3.62. The van der Waals surface area contributed by atoms with E-state index in [1.165, 1.54) is 0 Å². The van der Waals surface area contributed by atoms with E-state index in [1.807, 2.05) is 48.0 Å². The number of nitrogens with zero attached hydrogens (tertiary/aromatic N) is 4. The zero-order chi connectivity index (χ0) is 19.5. The molecule has 1 N–H and O–H groups in total. The number of aromatic nitrogens is 4. The van der Waals surface area contributed by atoms with E-state index < -0.39 is 0 Å². The molecule has 1 aromatic carbocycles. The Bertz CT molecular complexity index is 1090. The van der Waals surface area contributed by atoms with Gasteiger partial charge in [0.25, 0.3) is 0 Å². The van der Waals surface area contributed by atoms with Crippen molar-refractivity contribution in [2.45, 2.75) is 20.3 Å². The molecule has 4 rings (SSSR count). The van der Waals surface area contributed by atoms with Crippen molar-refractivity contribution < 1.29 is 4.74 Å². The van der Waals surface area contributed by atoms with Crippen molar-refractivity contribution in [1.82, 2.24) is 19.5 Å². The van der Waals surface area contributed by atoms with Crippen molar-refractivity contribution >= 4 is 23.0 Å². The monoisotopic (exact) mass is 391 g/mol. The number of methoxy groups -OCH3 is 1. The number of thiophene rings is 1. The Morgan fingerprint density at radius 1 is 1.18 bits per heavy atom. The van der Waals surface area contributed by atoms with E-state index in [4.69, 9.17) is 9.72 Å². The second-order valence-corrected chi connectivity index (χ2v) is 7.28. The molecule has 0 unspecified atom stereocenters. The predicted molar refractivity (Wildman–Crippen MR) is 113 cm³/mol. The fourth-order valence-electron chi connectivity index (χ4n) is 2.94. The summed E-state index contributed by atoms with van der Waals surface area (Å²) in [6.07, 6.45) is 4.59. The van der Waals surface area contributed by atoms with Gasteiger partial charge >= 0.3 is 0 Å². The van der Waals surface area contributed by atoms with Crippen LogP contribution in [0.2, 0.25) is 0 Å². The molecule has 4 aromatic rings. The molecule has 0 aliphatic rings. The summed E-state index contributed by atoms with van der Waals surface area (Å²) in [5.41, 5.74) is 4.68. The Balaban J connectivity index is 1.66. The van der Waals surface area contributed by atoms with Crippen LogP contribution >= 0.6 is 11.3 Å². The van der Waals surface area contributed by atoms with Crippen LogP contribution in [-0.4, -0.2) is 26.6 Å². The number of nitrogens with one attached hydrogen (secondary N) is 1. The molecule has 6 nitrogen and oxygen atoms in total. The van der Waals surface area contributed by atoms with E-state index in [-0.39, 0.29) is 0 Å². The summed E-state index contributed by atoms with van der Waals surface area (Å²) >= 11 is 1.67. The van der Waals surface area contributed by atoms with Gasteiger partial charge in [-0.15, -0.1) is 11.3 Å². The van der Waals surface area contributed by atoms with Gasteiger partial charge in [-0.25, -0.2) is 15.0 Å². The Hall–Kier alpha value is -3.19. The highest BCUT2D eigenvalue weighted by Gasteiger charge is 2.10. The van der Waals surface area contributed by atoms with Crippen molar-refractivity contribution in [1.29, 1.82) is 0 Å². The molecule has 28 heavy (non-hydrogen) atoms. The number of rotatable bonds is 6. The summed E-state index contributed by atoms with van der Waals surface area (Å²) in [7, 11) is 1.66. The average molecular weight is 392 g/mol. The van der Waals surface area contributed by atoms with Crippen molar-refractivity contribution in [2.75, 3.05) is 12.4 Å². The molecule has 3 heterocycles. The molecule has 0 amide bonds. The maximum atomic E-state index is 5.59. The molecule has 0 atom stereocenters. The number of anilines is 2. The Morgan fingerprint density at radius 2 is 2.07 bits per heavy atom. The van der Waals surface area contributed by atoms with Crippen LogP contribution in [0.1, 0.15) is 18.3 Å². The van der Waals surface area contributed by atoms with E-state index >= 15 is 0 Å². The van der Waals surface area contributed by atoms with Gasteiger partial charge in [-0.2, -0.15) is 0 Å². The number of imidazole rings is 1. The van der Waals surface area contributed by atoms with Crippen molar-refractivity contribution in [2.24, 2.45) is 0 Å². The summed E-state index contributed by atoms with van der Waals surface area (Å²) < 4.78 is 7.53. The van der Waals surface area contributed by atoms with Gasteiger partial charge in [0.15, 0.2) is 0 Å². The van der Waals surface area contributed by atoms with Crippen molar-refractivity contribution in [3.63, 3.8) is 0 Å². The van der Waals surface area contributed by atoms with Crippen molar-refractivity contribution in [3.8, 4) is 22.0 Å². The summed E-state index contributed by atoms with van der Waals surface area (Å²) in [6.45, 7) is 4.05. The van der Waals surface area contributed by atoms with Crippen LogP contribution in [0.15, 0.2) is 54.3 Å². The fraction of sp³-hybridized carbons (Fsp3) is 0.190. The lowest BCUT2D eigenvalue weighted by atomic mass is 10.2. The Kier molecular flexibility index (Phi) is 5.08. The van der Waals surface area contributed by atoms with Crippen LogP contribution in [0.3, 0.4) is 0 Å². The highest BCUT2D eigenvalue weighted by molar-refractivity contribution is 7.13. The lowest BCUT2D eigenvalue weighted by Crippen LogP contribution is -2.02. The topological polar surface area (TPSA) is 64.9 Å². The smallest absolute Gasteiger partial charge is 0.228 e. The first-order valence-corrected chi connectivity index (χ1v) is 9.92. The van der Waals surface area contributed by atoms with Crippen molar-refractivity contribution in [3.05, 3.63) is 65.7 Å². The van der Waals surface area contributed by atoms with E-state index in [1.54, 1.807) is 24.8 Å². The maximum absolute atomic E-state index is 5.59. The second-order valence-electron chi connectivity index (χ2n) is 6.33. The second kappa shape index (κ2) is 7.82. The molecule has 0 saturated heterocycles. The maximum Gasteiger partial charge on any atom is 0.228 e. The molecule has 3 aromatic heterocycles. The van der Waals surface area contributed by atoms with E-state index in [2.05, 4.69) is 33.7 Å². The first-order valence-electron chi connectivity index (χ1n) is 9.04. The van der Waals surface area contributed by atoms with Gasteiger partial charge in [0.1, 0.15) is 5.75 Å². The number of ether oxygens (including phenoxy) is 1. The zero-order valence-corrected chi connectivity index (χ0v) is 16.8. The third-order valence-electron chi connectivity index (χ3n) is 4.34. The van der Waals surface area contributed by atoms with Crippen LogP contribution in [0.5, 0.6) is 5.75 Å². The highest BCUT2D eigenvalue weighted by Crippen LogP contribution is 2.29. The standard InChI is InChI=1S/C21H21N5OS/c1-4-15-10-17(20-6-5-9-28-20)25-21(23-15)24-16-7-8-18(19(11-16)27-3)26-12-14(2)22-13-26/h5-13H,4H2,1-3H3,(H,23,24,25). The first kappa shape index (κ1) is 18.2. The van der Waals surface area contributed by atoms with Crippen LogP contribution in [0.25, 0.3) is 16.3 Å². The minimum atomic E-state index is 0.580. The van der Waals surface area contributed by atoms with Gasteiger partial charge in [-0.05, 0) is 43.0 Å². The molecule has 142 valence electrons. The van der Waals surface area contributed by atoms with E-state index in [0.717, 1.165) is 45.5 Å². The molecule has 7 heteroatoms. The molecule has 0 bridgehead atoms. The van der Waals surface area contributed by atoms with Gasteiger partial charge in [0.05, 0.1) is 35.4 Å². The minimum Gasteiger partial charge on any atom is -0.494 e. The van der Waals surface area contributed by atoms with Gasteiger partial charge in [-0.1, -0.05) is 13.0 Å². The number of hydrogen-bond donors (Lipinski definition) is 1. The molecule has 0 spiro atoms. The van der Waals surface area contributed by atoms with E-state index in [9.17, 15) is 0 Å². The summed E-state index contributed by atoms with van der Waals surface area (Å²) in [5, 5.41) is 5.37.